The number of sulfone groups is 1. The van der Waals surface area contributed by atoms with E-state index in [1.807, 2.05) is 0 Å². The molecule has 1 rings (SSSR count). The molecule has 1 heterocycles. The number of hydrogen-bond acceptors (Lipinski definition) is 4. The average Bonchev–Trinajstić information content (AvgIpc) is 2.03. The van der Waals surface area contributed by atoms with Gasteiger partial charge in [-0.25, -0.2) is 8.42 Å². The van der Waals surface area contributed by atoms with E-state index in [1.54, 1.807) is 0 Å². The molecule has 1 fully saturated rings. The van der Waals surface area contributed by atoms with Gasteiger partial charge >= 0.3 is 0 Å². The largest absolute Gasteiger partial charge is 0.318 e. The van der Waals surface area contributed by atoms with Crippen LogP contribution in [0.4, 0.5) is 0 Å². The summed E-state index contributed by atoms with van der Waals surface area (Å²) in [4.78, 5) is 2.07. The summed E-state index contributed by atoms with van der Waals surface area (Å²) >= 11 is 0. The molecule has 0 saturated carbocycles. The molecule has 72 valence electrons. The molecule has 0 aliphatic carbocycles. The minimum atomic E-state index is -2.83. The standard InChI is InChI=1S/C7H16N2O2S/c1-12(10,11)7-2-4-9(6-8)5-3-7/h7H,2-6,8H2,1H3. The SMILES string of the molecule is CS(=O)(=O)C1CCN(CN)CC1. The van der Waals surface area contributed by atoms with Crippen molar-refractivity contribution >= 4 is 9.84 Å². The van der Waals surface area contributed by atoms with Gasteiger partial charge in [0.05, 0.1) is 5.25 Å². The minimum absolute atomic E-state index is 0.139. The van der Waals surface area contributed by atoms with Gasteiger partial charge in [-0.05, 0) is 12.8 Å². The average molecular weight is 192 g/mol. The Labute approximate surface area is 73.6 Å². The van der Waals surface area contributed by atoms with Crippen molar-refractivity contribution < 1.29 is 8.42 Å². The van der Waals surface area contributed by atoms with Crippen LogP contribution in [-0.4, -0.2) is 44.6 Å². The molecule has 4 nitrogen and oxygen atoms in total. The van der Waals surface area contributed by atoms with Crippen LogP contribution in [0.5, 0.6) is 0 Å². The van der Waals surface area contributed by atoms with Gasteiger partial charge in [0, 0.05) is 26.0 Å². The molecule has 0 aromatic heterocycles. The van der Waals surface area contributed by atoms with Gasteiger partial charge in [0.2, 0.25) is 0 Å². The lowest BCUT2D eigenvalue weighted by Crippen LogP contribution is -2.41. The van der Waals surface area contributed by atoms with E-state index in [1.165, 1.54) is 6.26 Å². The molecule has 0 radical (unpaired) electrons. The summed E-state index contributed by atoms with van der Waals surface area (Å²) in [6.45, 7) is 2.17. The lowest BCUT2D eigenvalue weighted by Gasteiger charge is -2.29. The maximum Gasteiger partial charge on any atom is 0.150 e. The third-order valence-electron chi connectivity index (χ3n) is 2.40. The molecule has 1 saturated heterocycles. The fourth-order valence-electron chi connectivity index (χ4n) is 1.52. The molecule has 0 spiro atoms. The summed E-state index contributed by atoms with van der Waals surface area (Å²) < 4.78 is 22.3. The number of rotatable bonds is 2. The normalized spacial score (nSPS) is 22.8. The first kappa shape index (κ1) is 9.95. The maximum absolute atomic E-state index is 11.1. The van der Waals surface area contributed by atoms with E-state index in [0.29, 0.717) is 6.67 Å². The van der Waals surface area contributed by atoms with Gasteiger partial charge < -0.3 is 5.73 Å². The van der Waals surface area contributed by atoms with Gasteiger partial charge in [-0.3, -0.25) is 4.90 Å². The van der Waals surface area contributed by atoms with Crippen LogP contribution in [-0.2, 0) is 9.84 Å². The maximum atomic E-state index is 11.1. The Bertz CT molecular complexity index is 230. The zero-order valence-electron chi connectivity index (χ0n) is 7.36. The second-order valence-electron chi connectivity index (χ2n) is 3.33. The Morgan fingerprint density at radius 3 is 2.25 bits per heavy atom. The van der Waals surface area contributed by atoms with Crippen molar-refractivity contribution in [2.75, 3.05) is 26.0 Å². The Balaban J connectivity index is 2.47. The van der Waals surface area contributed by atoms with Crippen molar-refractivity contribution in [3.63, 3.8) is 0 Å². The zero-order chi connectivity index (χ0) is 9.19. The van der Waals surface area contributed by atoms with Crippen LogP contribution >= 0.6 is 0 Å². The molecule has 0 unspecified atom stereocenters. The van der Waals surface area contributed by atoms with Gasteiger partial charge in [0.1, 0.15) is 9.84 Å². The fourth-order valence-corrected chi connectivity index (χ4v) is 2.59. The number of piperidine rings is 1. The molecule has 0 amide bonds. The van der Waals surface area contributed by atoms with Crippen molar-refractivity contribution in [3.8, 4) is 0 Å². The highest BCUT2D eigenvalue weighted by molar-refractivity contribution is 7.91. The van der Waals surface area contributed by atoms with Crippen LogP contribution in [0.15, 0.2) is 0 Å². The van der Waals surface area contributed by atoms with Crippen molar-refractivity contribution in [3.05, 3.63) is 0 Å². The summed E-state index contributed by atoms with van der Waals surface area (Å²) in [5, 5.41) is -0.139. The van der Waals surface area contributed by atoms with Gasteiger partial charge in [0.15, 0.2) is 0 Å². The van der Waals surface area contributed by atoms with Gasteiger partial charge in [-0.1, -0.05) is 0 Å². The van der Waals surface area contributed by atoms with E-state index in [4.69, 9.17) is 5.73 Å². The lowest BCUT2D eigenvalue weighted by atomic mass is 10.1. The minimum Gasteiger partial charge on any atom is -0.318 e. The van der Waals surface area contributed by atoms with E-state index in [0.717, 1.165) is 25.9 Å². The van der Waals surface area contributed by atoms with Crippen LogP contribution in [0.25, 0.3) is 0 Å². The number of hydrogen-bond donors (Lipinski definition) is 1. The first-order valence-corrected chi connectivity index (χ1v) is 6.11. The van der Waals surface area contributed by atoms with Crippen LogP contribution in [0.3, 0.4) is 0 Å². The quantitative estimate of drug-likeness (QED) is 0.635. The van der Waals surface area contributed by atoms with Gasteiger partial charge in [-0.2, -0.15) is 0 Å². The second-order valence-corrected chi connectivity index (χ2v) is 5.66. The van der Waals surface area contributed by atoms with Crippen molar-refractivity contribution in [1.82, 2.24) is 4.90 Å². The predicted molar refractivity (Wildman–Crippen MR) is 48.5 cm³/mol. The number of likely N-dealkylation sites (tertiary alicyclic amines) is 1. The Hall–Kier alpha value is -0.130. The molecular weight excluding hydrogens is 176 g/mol. The molecule has 1 aliphatic heterocycles. The Morgan fingerprint density at radius 1 is 1.42 bits per heavy atom. The monoisotopic (exact) mass is 192 g/mol. The van der Waals surface area contributed by atoms with Crippen molar-refractivity contribution in [1.29, 1.82) is 0 Å². The summed E-state index contributed by atoms with van der Waals surface area (Å²) in [5.41, 5.74) is 5.43. The van der Waals surface area contributed by atoms with Crippen LogP contribution < -0.4 is 5.73 Å². The number of nitrogens with two attached hydrogens (primary N) is 1. The highest BCUT2D eigenvalue weighted by atomic mass is 32.2. The van der Waals surface area contributed by atoms with Crippen molar-refractivity contribution in [2.45, 2.75) is 18.1 Å². The smallest absolute Gasteiger partial charge is 0.150 e. The second kappa shape index (κ2) is 3.72. The highest BCUT2D eigenvalue weighted by Gasteiger charge is 2.25. The summed E-state index contributed by atoms with van der Waals surface area (Å²) in [6.07, 6.45) is 2.78. The molecule has 0 aromatic carbocycles. The topological polar surface area (TPSA) is 63.4 Å². The third-order valence-corrected chi connectivity index (χ3v) is 4.08. The molecule has 1 aliphatic rings. The predicted octanol–water partition coefficient (Wildman–Crippen LogP) is -0.588. The first-order valence-electron chi connectivity index (χ1n) is 4.15. The van der Waals surface area contributed by atoms with Crippen LogP contribution in [0.2, 0.25) is 0 Å². The van der Waals surface area contributed by atoms with Gasteiger partial charge in [-0.15, -0.1) is 0 Å². The molecule has 0 aromatic rings. The summed E-state index contributed by atoms with van der Waals surface area (Å²) in [5.74, 6) is 0. The zero-order valence-corrected chi connectivity index (χ0v) is 8.18. The van der Waals surface area contributed by atoms with Gasteiger partial charge in [0.25, 0.3) is 0 Å². The van der Waals surface area contributed by atoms with Crippen LogP contribution in [0.1, 0.15) is 12.8 Å². The Morgan fingerprint density at radius 2 is 1.92 bits per heavy atom. The van der Waals surface area contributed by atoms with E-state index in [9.17, 15) is 8.42 Å². The lowest BCUT2D eigenvalue weighted by molar-refractivity contribution is 0.236. The Kier molecular flexibility index (Phi) is 3.09. The molecule has 2 N–H and O–H groups in total. The first-order chi connectivity index (χ1) is 5.54. The fraction of sp³-hybridized carbons (Fsp3) is 1.00. The van der Waals surface area contributed by atoms with E-state index < -0.39 is 9.84 Å². The molecular formula is C7H16N2O2S. The molecule has 12 heavy (non-hydrogen) atoms. The highest BCUT2D eigenvalue weighted by Crippen LogP contribution is 2.15. The van der Waals surface area contributed by atoms with Crippen molar-refractivity contribution in [2.24, 2.45) is 5.73 Å². The molecule has 5 heteroatoms. The molecule has 0 atom stereocenters. The van der Waals surface area contributed by atoms with E-state index in [-0.39, 0.29) is 5.25 Å². The summed E-state index contributed by atoms with van der Waals surface area (Å²) in [6, 6.07) is 0. The van der Waals surface area contributed by atoms with Crippen LogP contribution in [0, 0.1) is 0 Å². The number of nitrogens with zero attached hydrogens (tertiary/aromatic N) is 1. The van der Waals surface area contributed by atoms with E-state index >= 15 is 0 Å². The molecule has 0 bridgehead atoms. The van der Waals surface area contributed by atoms with E-state index in [2.05, 4.69) is 4.90 Å². The summed E-state index contributed by atoms with van der Waals surface area (Å²) in [7, 11) is -2.83. The third kappa shape index (κ3) is 2.43.